The van der Waals surface area contributed by atoms with Crippen LogP contribution in [0.15, 0.2) is 18.2 Å². The highest BCUT2D eigenvalue weighted by Crippen LogP contribution is 2.31. The fraction of sp³-hybridized carbons (Fsp3) is 0.500. The molecule has 0 saturated carbocycles. The first kappa shape index (κ1) is 14.1. The third-order valence-electron chi connectivity index (χ3n) is 3.35. The molecule has 1 unspecified atom stereocenters. The molecule has 104 valence electrons. The van der Waals surface area contributed by atoms with Gasteiger partial charge in [-0.3, -0.25) is 4.79 Å². The topological polar surface area (TPSA) is 26.3 Å². The van der Waals surface area contributed by atoms with Crippen LogP contribution in [-0.2, 0) is 10.9 Å². The average Bonchev–Trinajstić information content (AvgIpc) is 2.38. The summed E-state index contributed by atoms with van der Waals surface area (Å²) in [5, 5.41) is 0. The molecule has 0 aromatic heterocycles. The molecule has 19 heavy (non-hydrogen) atoms. The molecule has 0 amide bonds. The number of rotatable bonds is 2. The Morgan fingerprint density at radius 2 is 2.11 bits per heavy atom. The molecule has 1 saturated heterocycles. The molecule has 0 radical (unpaired) electrons. The van der Waals surface area contributed by atoms with Crippen LogP contribution in [0.3, 0.4) is 0 Å². The van der Waals surface area contributed by atoms with Gasteiger partial charge < -0.3 is 4.74 Å². The zero-order valence-corrected chi connectivity index (χ0v) is 10.6. The largest absolute Gasteiger partial charge is 0.416 e. The van der Waals surface area contributed by atoms with Crippen LogP contribution in [0.2, 0.25) is 0 Å². The number of Topliss-reactive ketones (excluding diaryl/α,β-unsaturated/α-hetero) is 1. The maximum atomic E-state index is 12.6. The Balaban J connectivity index is 2.23. The van der Waals surface area contributed by atoms with Gasteiger partial charge in [0.2, 0.25) is 0 Å². The first-order valence-corrected chi connectivity index (χ1v) is 6.19. The quantitative estimate of drug-likeness (QED) is 0.768. The third kappa shape index (κ3) is 3.15. The number of ether oxygens (including phenoxy) is 1. The lowest BCUT2D eigenvalue weighted by Crippen LogP contribution is -2.26. The molecule has 1 aliphatic heterocycles. The summed E-state index contributed by atoms with van der Waals surface area (Å²) in [5.74, 6) is -0.352. The summed E-state index contributed by atoms with van der Waals surface area (Å²) in [6.07, 6.45) is -2.82. The van der Waals surface area contributed by atoms with Crippen LogP contribution >= 0.6 is 0 Å². The van der Waals surface area contributed by atoms with Gasteiger partial charge in [0.25, 0.3) is 0 Å². The Hall–Kier alpha value is -1.36. The van der Waals surface area contributed by atoms with Crippen molar-refractivity contribution in [3.8, 4) is 0 Å². The van der Waals surface area contributed by atoms with E-state index in [-0.39, 0.29) is 11.7 Å². The molecule has 1 aliphatic rings. The Bertz CT molecular complexity index is 474. The summed E-state index contributed by atoms with van der Waals surface area (Å²) >= 11 is 0. The molecule has 0 bridgehead atoms. The number of halogens is 3. The van der Waals surface area contributed by atoms with Gasteiger partial charge in [-0.25, -0.2) is 0 Å². The number of carbonyl (C=O) groups excluding carboxylic acids is 1. The van der Waals surface area contributed by atoms with E-state index >= 15 is 0 Å². The SMILES string of the molecule is Cc1cc(C(F)(F)F)ccc1C(=O)C1CCCOC1. The molecular weight excluding hydrogens is 257 g/mol. The number of carbonyl (C=O) groups is 1. The van der Waals surface area contributed by atoms with Crippen molar-refractivity contribution in [2.45, 2.75) is 25.9 Å². The van der Waals surface area contributed by atoms with E-state index in [0.29, 0.717) is 24.3 Å². The minimum Gasteiger partial charge on any atom is -0.381 e. The molecule has 1 aromatic carbocycles. The van der Waals surface area contributed by atoms with E-state index in [4.69, 9.17) is 4.74 Å². The van der Waals surface area contributed by atoms with E-state index < -0.39 is 11.7 Å². The second-order valence-electron chi connectivity index (χ2n) is 4.81. The predicted octanol–water partition coefficient (Wildman–Crippen LogP) is 3.62. The van der Waals surface area contributed by atoms with Crippen LogP contribution in [0.5, 0.6) is 0 Å². The molecular formula is C14H15F3O2. The normalized spacial score (nSPS) is 20.3. The first-order chi connectivity index (χ1) is 8.89. The highest BCUT2D eigenvalue weighted by molar-refractivity contribution is 5.99. The van der Waals surface area contributed by atoms with Crippen molar-refractivity contribution in [1.82, 2.24) is 0 Å². The van der Waals surface area contributed by atoms with Crippen LogP contribution in [0.1, 0.15) is 34.3 Å². The van der Waals surface area contributed by atoms with E-state index in [2.05, 4.69) is 0 Å². The van der Waals surface area contributed by atoms with Crippen molar-refractivity contribution in [3.63, 3.8) is 0 Å². The van der Waals surface area contributed by atoms with Crippen LogP contribution in [0, 0.1) is 12.8 Å². The zero-order chi connectivity index (χ0) is 14.0. The molecule has 0 aliphatic carbocycles. The summed E-state index contributed by atoms with van der Waals surface area (Å²) in [6.45, 7) is 2.54. The van der Waals surface area contributed by atoms with E-state index in [1.165, 1.54) is 13.0 Å². The maximum absolute atomic E-state index is 12.6. The van der Waals surface area contributed by atoms with Gasteiger partial charge in [0.15, 0.2) is 5.78 Å². The maximum Gasteiger partial charge on any atom is 0.416 e. The summed E-state index contributed by atoms with van der Waals surface area (Å²) in [7, 11) is 0. The molecule has 0 spiro atoms. The van der Waals surface area contributed by atoms with Gasteiger partial charge in [0.05, 0.1) is 12.2 Å². The van der Waals surface area contributed by atoms with Crippen molar-refractivity contribution in [2.24, 2.45) is 5.92 Å². The molecule has 5 heteroatoms. The van der Waals surface area contributed by atoms with Crippen molar-refractivity contribution in [2.75, 3.05) is 13.2 Å². The number of benzene rings is 1. The molecule has 0 N–H and O–H groups in total. The van der Waals surface area contributed by atoms with E-state index in [1.807, 2.05) is 0 Å². The van der Waals surface area contributed by atoms with Crippen LogP contribution in [-0.4, -0.2) is 19.0 Å². The van der Waals surface area contributed by atoms with Crippen LogP contribution in [0.4, 0.5) is 13.2 Å². The van der Waals surface area contributed by atoms with Gasteiger partial charge >= 0.3 is 6.18 Å². The second kappa shape index (κ2) is 5.33. The lowest BCUT2D eigenvalue weighted by molar-refractivity contribution is -0.137. The molecule has 1 fully saturated rings. The summed E-state index contributed by atoms with van der Waals surface area (Å²) in [6, 6.07) is 3.26. The van der Waals surface area contributed by atoms with E-state index in [9.17, 15) is 18.0 Å². The Morgan fingerprint density at radius 3 is 2.63 bits per heavy atom. The number of hydrogen-bond donors (Lipinski definition) is 0. The standard InChI is InChI=1S/C14H15F3O2/c1-9-7-11(14(15,16)17)4-5-12(9)13(18)10-3-2-6-19-8-10/h4-5,7,10H,2-3,6,8H2,1H3. The second-order valence-corrected chi connectivity index (χ2v) is 4.81. The average molecular weight is 272 g/mol. The highest BCUT2D eigenvalue weighted by atomic mass is 19.4. The first-order valence-electron chi connectivity index (χ1n) is 6.19. The molecule has 2 nitrogen and oxygen atoms in total. The van der Waals surface area contributed by atoms with Gasteiger partial charge in [-0.2, -0.15) is 13.2 Å². The summed E-state index contributed by atoms with van der Waals surface area (Å²) < 4.78 is 42.9. The van der Waals surface area contributed by atoms with Crippen molar-refractivity contribution >= 4 is 5.78 Å². The van der Waals surface area contributed by atoms with Gasteiger partial charge in [-0.05, 0) is 37.5 Å². The summed E-state index contributed by atoms with van der Waals surface area (Å²) in [5.41, 5.74) is 0.00958. The number of aryl methyl sites for hydroxylation is 1. The van der Waals surface area contributed by atoms with E-state index in [0.717, 1.165) is 25.0 Å². The minimum atomic E-state index is -4.37. The number of hydrogen-bond acceptors (Lipinski definition) is 2. The van der Waals surface area contributed by atoms with Crippen LogP contribution in [0.25, 0.3) is 0 Å². The lowest BCUT2D eigenvalue weighted by Gasteiger charge is -2.21. The number of ketones is 1. The molecule has 1 aromatic rings. The van der Waals surface area contributed by atoms with Crippen molar-refractivity contribution in [3.05, 3.63) is 34.9 Å². The highest BCUT2D eigenvalue weighted by Gasteiger charge is 2.31. The minimum absolute atomic E-state index is 0.120. The van der Waals surface area contributed by atoms with Gasteiger partial charge in [0, 0.05) is 18.1 Å². The summed E-state index contributed by atoms with van der Waals surface area (Å²) in [4.78, 5) is 12.2. The molecule has 2 rings (SSSR count). The Kier molecular flexibility index (Phi) is 3.94. The Morgan fingerprint density at radius 1 is 1.37 bits per heavy atom. The van der Waals surface area contributed by atoms with Gasteiger partial charge in [-0.15, -0.1) is 0 Å². The molecule has 1 heterocycles. The van der Waals surface area contributed by atoms with Gasteiger partial charge in [0.1, 0.15) is 0 Å². The monoisotopic (exact) mass is 272 g/mol. The lowest BCUT2D eigenvalue weighted by atomic mass is 9.90. The molecule has 1 atom stereocenters. The fourth-order valence-corrected chi connectivity index (χ4v) is 2.28. The fourth-order valence-electron chi connectivity index (χ4n) is 2.28. The van der Waals surface area contributed by atoms with Crippen molar-refractivity contribution in [1.29, 1.82) is 0 Å². The van der Waals surface area contributed by atoms with Crippen LogP contribution < -0.4 is 0 Å². The van der Waals surface area contributed by atoms with E-state index in [1.54, 1.807) is 0 Å². The van der Waals surface area contributed by atoms with Gasteiger partial charge in [-0.1, -0.05) is 6.07 Å². The number of alkyl halides is 3. The smallest absolute Gasteiger partial charge is 0.381 e. The van der Waals surface area contributed by atoms with Crippen molar-refractivity contribution < 1.29 is 22.7 Å². The Labute approximate surface area is 109 Å². The predicted molar refractivity (Wildman–Crippen MR) is 64.1 cm³/mol. The third-order valence-corrected chi connectivity index (χ3v) is 3.35. The zero-order valence-electron chi connectivity index (χ0n) is 10.6.